The highest BCUT2D eigenvalue weighted by atomic mass is 32.2. The van der Waals surface area contributed by atoms with Crippen LogP contribution >= 0.6 is 0 Å². The summed E-state index contributed by atoms with van der Waals surface area (Å²) in [5.74, 6) is -0.443. The standard InChI is InChI=1S/C20H14F3N5O4S/c21-20(22,23)32-15-3-1-2-14(12-15)27-11-9-18(29)19(26-27)17-8-10-25-28(17)13-4-6-16(7-5-13)33(24,30)31/h1-12H,(H2,24,30,31). The van der Waals surface area contributed by atoms with Crippen LogP contribution in [0.2, 0.25) is 0 Å². The number of nitrogens with zero attached hydrogens (tertiary/aromatic N) is 4. The number of benzene rings is 2. The van der Waals surface area contributed by atoms with Crippen LogP contribution in [0.1, 0.15) is 0 Å². The third-order valence-electron chi connectivity index (χ3n) is 4.42. The number of hydrogen-bond acceptors (Lipinski definition) is 6. The Morgan fingerprint density at radius 1 is 0.970 bits per heavy atom. The Morgan fingerprint density at radius 2 is 1.70 bits per heavy atom. The third-order valence-corrected chi connectivity index (χ3v) is 5.35. The summed E-state index contributed by atoms with van der Waals surface area (Å²) in [5, 5.41) is 13.5. The number of aromatic nitrogens is 4. The fourth-order valence-corrected chi connectivity index (χ4v) is 3.53. The van der Waals surface area contributed by atoms with Gasteiger partial charge in [0, 0.05) is 18.3 Å². The zero-order valence-electron chi connectivity index (χ0n) is 16.5. The van der Waals surface area contributed by atoms with E-state index in [-0.39, 0.29) is 22.0 Å². The number of rotatable bonds is 5. The molecule has 0 bridgehead atoms. The van der Waals surface area contributed by atoms with E-state index in [4.69, 9.17) is 5.14 Å². The first-order chi connectivity index (χ1) is 15.5. The molecule has 170 valence electrons. The molecule has 0 unspecified atom stereocenters. The predicted molar refractivity (Wildman–Crippen MR) is 110 cm³/mol. The summed E-state index contributed by atoms with van der Waals surface area (Å²) >= 11 is 0. The molecule has 0 saturated carbocycles. The van der Waals surface area contributed by atoms with Crippen LogP contribution in [0, 0.1) is 0 Å². The number of nitrogens with two attached hydrogens (primary N) is 1. The first-order valence-corrected chi connectivity index (χ1v) is 10.7. The highest BCUT2D eigenvalue weighted by Gasteiger charge is 2.31. The van der Waals surface area contributed by atoms with Crippen molar-refractivity contribution in [2.45, 2.75) is 11.3 Å². The Hall–Kier alpha value is -3.97. The molecule has 0 atom stereocenters. The van der Waals surface area contributed by atoms with Gasteiger partial charge in [-0.15, -0.1) is 13.2 Å². The van der Waals surface area contributed by atoms with E-state index in [1.54, 1.807) is 0 Å². The Morgan fingerprint density at radius 3 is 2.36 bits per heavy atom. The first kappa shape index (κ1) is 22.2. The van der Waals surface area contributed by atoms with Gasteiger partial charge in [-0.1, -0.05) is 6.07 Å². The van der Waals surface area contributed by atoms with Gasteiger partial charge in [-0.05, 0) is 42.5 Å². The van der Waals surface area contributed by atoms with Gasteiger partial charge >= 0.3 is 6.36 Å². The van der Waals surface area contributed by atoms with Crippen molar-refractivity contribution in [3.63, 3.8) is 0 Å². The van der Waals surface area contributed by atoms with Gasteiger partial charge < -0.3 is 4.74 Å². The molecule has 0 aliphatic carbocycles. The summed E-state index contributed by atoms with van der Waals surface area (Å²) < 4.78 is 67.1. The molecule has 0 saturated heterocycles. The lowest BCUT2D eigenvalue weighted by Crippen LogP contribution is -2.17. The smallest absolute Gasteiger partial charge is 0.406 e. The van der Waals surface area contributed by atoms with E-state index < -0.39 is 27.6 Å². The van der Waals surface area contributed by atoms with Crippen molar-refractivity contribution in [3.8, 4) is 28.5 Å². The fourth-order valence-electron chi connectivity index (χ4n) is 3.02. The minimum atomic E-state index is -4.86. The van der Waals surface area contributed by atoms with E-state index in [2.05, 4.69) is 14.9 Å². The Kier molecular flexibility index (Phi) is 5.51. The van der Waals surface area contributed by atoms with Gasteiger partial charge in [0.25, 0.3) is 0 Å². The van der Waals surface area contributed by atoms with Crippen LogP contribution in [0.15, 0.2) is 82.7 Å². The average molecular weight is 477 g/mol. The Labute approximate surface area is 184 Å². The van der Waals surface area contributed by atoms with Crippen molar-refractivity contribution >= 4 is 10.0 Å². The van der Waals surface area contributed by atoms with Crippen molar-refractivity contribution in [3.05, 3.63) is 83.3 Å². The topological polar surface area (TPSA) is 122 Å². The lowest BCUT2D eigenvalue weighted by Gasteiger charge is -2.12. The van der Waals surface area contributed by atoms with Crippen LogP contribution in [0.4, 0.5) is 13.2 Å². The van der Waals surface area contributed by atoms with Gasteiger partial charge in [0.15, 0.2) is 5.69 Å². The number of sulfonamides is 1. The van der Waals surface area contributed by atoms with E-state index in [9.17, 15) is 26.4 Å². The van der Waals surface area contributed by atoms with Gasteiger partial charge in [0.2, 0.25) is 15.5 Å². The molecular formula is C20H14F3N5O4S. The lowest BCUT2D eigenvalue weighted by atomic mass is 10.2. The van der Waals surface area contributed by atoms with E-state index >= 15 is 0 Å². The maximum absolute atomic E-state index is 12.5. The highest BCUT2D eigenvalue weighted by molar-refractivity contribution is 7.89. The van der Waals surface area contributed by atoms with Crippen LogP contribution in [0.5, 0.6) is 5.75 Å². The zero-order chi connectivity index (χ0) is 23.8. The summed E-state index contributed by atoms with van der Waals surface area (Å²) in [7, 11) is -3.88. The molecular weight excluding hydrogens is 463 g/mol. The maximum atomic E-state index is 12.5. The molecule has 9 nitrogen and oxygen atoms in total. The molecule has 33 heavy (non-hydrogen) atoms. The van der Waals surface area contributed by atoms with Crippen molar-refractivity contribution in [2.75, 3.05) is 0 Å². The molecule has 2 aromatic heterocycles. The summed E-state index contributed by atoms with van der Waals surface area (Å²) in [5.41, 5.74) is 0.436. The molecule has 2 heterocycles. The van der Waals surface area contributed by atoms with Crippen LogP contribution in [-0.2, 0) is 10.0 Å². The van der Waals surface area contributed by atoms with E-state index in [1.165, 1.54) is 70.3 Å². The molecule has 0 aliphatic rings. The van der Waals surface area contributed by atoms with Crippen LogP contribution in [-0.4, -0.2) is 34.3 Å². The van der Waals surface area contributed by atoms with Crippen molar-refractivity contribution in [2.24, 2.45) is 5.14 Å². The van der Waals surface area contributed by atoms with Gasteiger partial charge in [0.1, 0.15) is 5.75 Å². The van der Waals surface area contributed by atoms with Gasteiger partial charge in [-0.2, -0.15) is 10.2 Å². The van der Waals surface area contributed by atoms with Crippen LogP contribution in [0.3, 0.4) is 0 Å². The summed E-state index contributed by atoms with van der Waals surface area (Å²) in [6.07, 6.45) is -2.13. The number of ether oxygens (including phenoxy) is 1. The molecule has 2 aromatic carbocycles. The molecule has 0 fully saturated rings. The number of primary sulfonamides is 1. The maximum Gasteiger partial charge on any atom is 0.573 e. The van der Waals surface area contributed by atoms with Crippen molar-refractivity contribution in [1.82, 2.24) is 19.6 Å². The lowest BCUT2D eigenvalue weighted by molar-refractivity contribution is -0.274. The van der Waals surface area contributed by atoms with Crippen molar-refractivity contribution in [1.29, 1.82) is 0 Å². The van der Waals surface area contributed by atoms with E-state index in [0.717, 1.165) is 12.1 Å². The monoisotopic (exact) mass is 477 g/mol. The summed E-state index contributed by atoms with van der Waals surface area (Å²) in [6, 6.07) is 13.3. The molecule has 0 radical (unpaired) electrons. The molecule has 0 spiro atoms. The highest BCUT2D eigenvalue weighted by Crippen LogP contribution is 2.25. The summed E-state index contributed by atoms with van der Waals surface area (Å²) in [6.45, 7) is 0. The number of halogens is 3. The second kappa shape index (κ2) is 8.18. The number of alkyl halides is 3. The minimum absolute atomic E-state index is 0.0346. The molecule has 4 rings (SSSR count). The molecule has 2 N–H and O–H groups in total. The zero-order valence-corrected chi connectivity index (χ0v) is 17.3. The van der Waals surface area contributed by atoms with Crippen molar-refractivity contribution < 1.29 is 26.3 Å². The minimum Gasteiger partial charge on any atom is -0.406 e. The predicted octanol–water partition coefficient (Wildman–Crippen LogP) is 2.63. The molecule has 13 heteroatoms. The second-order valence-electron chi connectivity index (χ2n) is 6.69. The Balaban J connectivity index is 1.75. The molecule has 0 aliphatic heterocycles. The van der Waals surface area contributed by atoms with E-state index in [0.29, 0.717) is 5.69 Å². The number of hydrogen-bond donors (Lipinski definition) is 1. The largest absolute Gasteiger partial charge is 0.573 e. The van der Waals surface area contributed by atoms with Gasteiger partial charge in [-0.25, -0.2) is 22.9 Å². The van der Waals surface area contributed by atoms with Crippen LogP contribution in [0.25, 0.3) is 22.8 Å². The second-order valence-corrected chi connectivity index (χ2v) is 8.25. The average Bonchev–Trinajstić information content (AvgIpc) is 3.22. The molecule has 0 amide bonds. The third kappa shape index (κ3) is 4.94. The quantitative estimate of drug-likeness (QED) is 0.472. The first-order valence-electron chi connectivity index (χ1n) is 9.15. The van der Waals surface area contributed by atoms with Crippen LogP contribution < -0.4 is 15.3 Å². The fraction of sp³-hybridized carbons (Fsp3) is 0.0500. The summed E-state index contributed by atoms with van der Waals surface area (Å²) in [4.78, 5) is 12.4. The van der Waals surface area contributed by atoms with Gasteiger partial charge in [-0.3, -0.25) is 4.79 Å². The van der Waals surface area contributed by atoms with E-state index in [1.807, 2.05) is 0 Å². The Bertz CT molecular complexity index is 1480. The molecule has 4 aromatic rings. The normalized spacial score (nSPS) is 12.0. The van der Waals surface area contributed by atoms with Gasteiger partial charge in [0.05, 0.1) is 28.2 Å². The SMILES string of the molecule is NS(=O)(=O)c1ccc(-n2nccc2-c2nn(-c3cccc(OC(F)(F)F)c3)ccc2=O)cc1.